The number of hydrogen-bond acceptors (Lipinski definition) is 1. The number of benzene rings is 2. The van der Waals surface area contributed by atoms with Crippen LogP contribution in [0.15, 0.2) is 24.3 Å². The summed E-state index contributed by atoms with van der Waals surface area (Å²) in [5.74, 6) is -0.385. The van der Waals surface area contributed by atoms with Crippen LogP contribution in [-0.4, -0.2) is 0 Å². The van der Waals surface area contributed by atoms with E-state index in [1.54, 1.807) is 6.07 Å². The van der Waals surface area contributed by atoms with Crippen molar-refractivity contribution >= 4 is 22.4 Å². The van der Waals surface area contributed by atoms with Crippen LogP contribution in [0.4, 0.5) is 4.39 Å². The van der Waals surface area contributed by atoms with Crippen molar-refractivity contribution in [3.05, 3.63) is 46.2 Å². The third-order valence-corrected chi connectivity index (χ3v) is 2.84. The molecule has 0 fully saturated rings. The molecule has 0 spiro atoms. The molecule has 0 aliphatic rings. The highest BCUT2D eigenvalue weighted by molar-refractivity contribution is 6.31. The minimum atomic E-state index is -0.385. The zero-order valence-corrected chi connectivity index (χ0v) is 9.11. The molecule has 15 heavy (non-hydrogen) atoms. The number of hydrogen-bond donors (Lipinski definition) is 1. The number of aryl methyl sites for hydroxylation is 1. The molecule has 2 aromatic rings. The lowest BCUT2D eigenvalue weighted by molar-refractivity contribution is 0.630. The van der Waals surface area contributed by atoms with Gasteiger partial charge in [-0.25, -0.2) is 4.39 Å². The van der Waals surface area contributed by atoms with Gasteiger partial charge in [0, 0.05) is 6.54 Å². The Bertz CT molecular complexity index is 523. The summed E-state index contributed by atoms with van der Waals surface area (Å²) in [6.07, 6.45) is 0. The van der Waals surface area contributed by atoms with Crippen LogP contribution >= 0.6 is 11.6 Å². The van der Waals surface area contributed by atoms with Gasteiger partial charge in [0.15, 0.2) is 0 Å². The standard InChI is InChI=1S/C12H11ClFN/c1-7-2-8-5-12(14)11(13)4-9(8)3-10(7)6-15/h2-5H,6,15H2,1H3. The van der Waals surface area contributed by atoms with Crippen molar-refractivity contribution in [2.75, 3.05) is 0 Å². The first-order valence-corrected chi connectivity index (χ1v) is 5.08. The molecule has 2 aromatic carbocycles. The first-order chi connectivity index (χ1) is 7.11. The van der Waals surface area contributed by atoms with Gasteiger partial charge < -0.3 is 5.73 Å². The molecule has 0 saturated carbocycles. The smallest absolute Gasteiger partial charge is 0.142 e. The van der Waals surface area contributed by atoms with E-state index in [2.05, 4.69) is 0 Å². The lowest BCUT2D eigenvalue weighted by atomic mass is 10.0. The van der Waals surface area contributed by atoms with Crippen molar-refractivity contribution in [1.29, 1.82) is 0 Å². The van der Waals surface area contributed by atoms with Gasteiger partial charge in [0.2, 0.25) is 0 Å². The van der Waals surface area contributed by atoms with Crippen molar-refractivity contribution < 1.29 is 4.39 Å². The second-order valence-electron chi connectivity index (χ2n) is 3.60. The quantitative estimate of drug-likeness (QED) is 0.788. The van der Waals surface area contributed by atoms with E-state index in [0.717, 1.165) is 21.9 Å². The Balaban J connectivity index is 2.76. The summed E-state index contributed by atoms with van der Waals surface area (Å²) in [5.41, 5.74) is 7.74. The van der Waals surface area contributed by atoms with Gasteiger partial charge in [-0.15, -0.1) is 0 Å². The normalized spacial score (nSPS) is 10.9. The monoisotopic (exact) mass is 223 g/mol. The van der Waals surface area contributed by atoms with E-state index in [1.165, 1.54) is 6.07 Å². The van der Waals surface area contributed by atoms with Crippen LogP contribution in [0.2, 0.25) is 5.02 Å². The molecular formula is C12H11ClFN. The first kappa shape index (κ1) is 10.4. The topological polar surface area (TPSA) is 26.0 Å². The van der Waals surface area contributed by atoms with E-state index >= 15 is 0 Å². The van der Waals surface area contributed by atoms with Gasteiger partial charge >= 0.3 is 0 Å². The Morgan fingerprint density at radius 1 is 1.20 bits per heavy atom. The largest absolute Gasteiger partial charge is 0.326 e. The van der Waals surface area contributed by atoms with Gasteiger partial charge in [0.05, 0.1) is 5.02 Å². The third kappa shape index (κ3) is 1.83. The maximum absolute atomic E-state index is 13.2. The van der Waals surface area contributed by atoms with Crippen LogP contribution in [-0.2, 0) is 6.54 Å². The lowest BCUT2D eigenvalue weighted by Gasteiger charge is -2.06. The van der Waals surface area contributed by atoms with Gasteiger partial charge in [-0.2, -0.15) is 0 Å². The van der Waals surface area contributed by atoms with E-state index in [0.29, 0.717) is 6.54 Å². The van der Waals surface area contributed by atoms with Crippen molar-refractivity contribution in [2.24, 2.45) is 5.73 Å². The van der Waals surface area contributed by atoms with Crippen LogP contribution in [0.25, 0.3) is 10.8 Å². The number of halogens is 2. The molecular weight excluding hydrogens is 213 g/mol. The third-order valence-electron chi connectivity index (χ3n) is 2.55. The first-order valence-electron chi connectivity index (χ1n) is 4.70. The Morgan fingerprint density at radius 2 is 1.87 bits per heavy atom. The predicted octanol–water partition coefficient (Wildman–Crippen LogP) is 3.40. The highest BCUT2D eigenvalue weighted by Gasteiger charge is 2.05. The molecule has 0 aliphatic heterocycles. The van der Waals surface area contributed by atoms with E-state index in [9.17, 15) is 4.39 Å². The van der Waals surface area contributed by atoms with Crippen LogP contribution in [0.3, 0.4) is 0 Å². The molecule has 0 atom stereocenters. The average Bonchev–Trinajstić information content (AvgIpc) is 2.20. The molecule has 0 aliphatic carbocycles. The van der Waals surface area contributed by atoms with Gasteiger partial charge in [0.25, 0.3) is 0 Å². The second-order valence-corrected chi connectivity index (χ2v) is 4.00. The summed E-state index contributed by atoms with van der Waals surface area (Å²) in [6, 6.07) is 6.96. The number of fused-ring (bicyclic) bond motifs is 1. The fourth-order valence-corrected chi connectivity index (χ4v) is 1.85. The lowest BCUT2D eigenvalue weighted by Crippen LogP contribution is -1.99. The summed E-state index contributed by atoms with van der Waals surface area (Å²) >= 11 is 5.72. The highest BCUT2D eigenvalue weighted by Crippen LogP contribution is 2.25. The van der Waals surface area contributed by atoms with Gasteiger partial charge in [-0.3, -0.25) is 0 Å². The van der Waals surface area contributed by atoms with Crippen LogP contribution in [0.5, 0.6) is 0 Å². The maximum Gasteiger partial charge on any atom is 0.142 e. The SMILES string of the molecule is Cc1cc2cc(F)c(Cl)cc2cc1CN. The Hall–Kier alpha value is -1.12. The van der Waals surface area contributed by atoms with Crippen molar-refractivity contribution in [2.45, 2.75) is 13.5 Å². The van der Waals surface area contributed by atoms with Crippen LogP contribution in [0, 0.1) is 12.7 Å². The fourth-order valence-electron chi connectivity index (χ4n) is 1.68. The van der Waals surface area contributed by atoms with Gasteiger partial charge in [-0.05, 0) is 47.0 Å². The van der Waals surface area contributed by atoms with Gasteiger partial charge in [-0.1, -0.05) is 17.7 Å². The molecule has 3 heteroatoms. The Labute approximate surface area is 92.7 Å². The molecule has 2 N–H and O–H groups in total. The fraction of sp³-hybridized carbons (Fsp3) is 0.167. The molecule has 1 nitrogen and oxygen atoms in total. The molecule has 0 aromatic heterocycles. The zero-order chi connectivity index (χ0) is 11.0. The van der Waals surface area contributed by atoms with Crippen molar-refractivity contribution in [1.82, 2.24) is 0 Å². The molecule has 0 bridgehead atoms. The molecule has 0 amide bonds. The number of nitrogens with two attached hydrogens (primary N) is 1. The zero-order valence-electron chi connectivity index (χ0n) is 8.35. The summed E-state index contributed by atoms with van der Waals surface area (Å²) in [6.45, 7) is 2.45. The van der Waals surface area contributed by atoms with E-state index in [4.69, 9.17) is 17.3 Å². The van der Waals surface area contributed by atoms with Crippen LogP contribution < -0.4 is 5.73 Å². The molecule has 2 rings (SSSR count). The minimum absolute atomic E-state index is 0.148. The number of rotatable bonds is 1. The maximum atomic E-state index is 13.2. The Kier molecular flexibility index (Phi) is 2.63. The van der Waals surface area contributed by atoms with E-state index < -0.39 is 0 Å². The summed E-state index contributed by atoms with van der Waals surface area (Å²) in [4.78, 5) is 0. The second kappa shape index (κ2) is 3.80. The molecule has 0 unspecified atom stereocenters. The molecule has 0 heterocycles. The molecule has 0 radical (unpaired) electrons. The highest BCUT2D eigenvalue weighted by atomic mass is 35.5. The van der Waals surface area contributed by atoms with Gasteiger partial charge in [0.1, 0.15) is 5.82 Å². The Morgan fingerprint density at radius 3 is 2.53 bits per heavy atom. The summed E-state index contributed by atoms with van der Waals surface area (Å²) < 4.78 is 13.2. The average molecular weight is 224 g/mol. The van der Waals surface area contributed by atoms with Crippen molar-refractivity contribution in [3.63, 3.8) is 0 Å². The summed E-state index contributed by atoms with van der Waals surface area (Å²) in [5, 5.41) is 1.92. The van der Waals surface area contributed by atoms with E-state index in [1.807, 2.05) is 19.1 Å². The minimum Gasteiger partial charge on any atom is -0.326 e. The summed E-state index contributed by atoms with van der Waals surface area (Å²) in [7, 11) is 0. The molecule has 78 valence electrons. The predicted molar refractivity (Wildman–Crippen MR) is 61.5 cm³/mol. The van der Waals surface area contributed by atoms with Crippen molar-refractivity contribution in [3.8, 4) is 0 Å². The van der Waals surface area contributed by atoms with E-state index in [-0.39, 0.29) is 10.8 Å². The van der Waals surface area contributed by atoms with Crippen LogP contribution in [0.1, 0.15) is 11.1 Å². The molecule has 0 saturated heterocycles.